The molecule has 0 bridgehead atoms. The molecule has 0 spiro atoms. The van der Waals surface area contributed by atoms with Crippen LogP contribution in [0.5, 0.6) is 0 Å². The van der Waals surface area contributed by atoms with Crippen molar-refractivity contribution < 1.29 is 4.79 Å². The van der Waals surface area contributed by atoms with Gasteiger partial charge in [-0.05, 0) is 44.2 Å². The topological polar surface area (TPSA) is 25.2 Å². The molecular weight excluding hydrogens is 224 g/mol. The molecule has 1 amide bonds. The van der Waals surface area contributed by atoms with E-state index in [1.54, 1.807) is 0 Å². The van der Waals surface area contributed by atoms with Crippen LogP contribution in [0.4, 0.5) is 0 Å². The molecule has 2 heterocycles. The molecule has 1 fully saturated rings. The molecule has 0 saturated carbocycles. The highest BCUT2D eigenvalue weighted by atomic mass is 16.2. The number of carbonyl (C=O) groups excluding carboxylic acids is 1. The van der Waals surface area contributed by atoms with Crippen LogP contribution in [0, 0.1) is 19.8 Å². The maximum Gasteiger partial charge on any atom is 0.227 e. The summed E-state index contributed by atoms with van der Waals surface area (Å²) >= 11 is 0. The minimum absolute atomic E-state index is 0.287. The molecule has 2 rings (SSSR count). The molecule has 0 N–H and O–H groups in total. The molecule has 3 heteroatoms. The highest BCUT2D eigenvalue weighted by molar-refractivity contribution is 5.79. The number of amides is 1. The van der Waals surface area contributed by atoms with Crippen LogP contribution in [0.1, 0.15) is 36.7 Å². The molecule has 18 heavy (non-hydrogen) atoms. The number of aromatic nitrogens is 1. The molecule has 1 aromatic heterocycles. The lowest BCUT2D eigenvalue weighted by molar-refractivity contribution is -0.132. The van der Waals surface area contributed by atoms with Gasteiger partial charge in [-0.3, -0.25) is 4.79 Å². The van der Waals surface area contributed by atoms with E-state index in [-0.39, 0.29) is 5.91 Å². The van der Waals surface area contributed by atoms with E-state index in [1.165, 1.54) is 23.4 Å². The van der Waals surface area contributed by atoms with Crippen LogP contribution >= 0.6 is 0 Å². The quantitative estimate of drug-likeness (QED) is 0.789. The molecule has 1 saturated heterocycles. The summed E-state index contributed by atoms with van der Waals surface area (Å²) in [4.78, 5) is 14.3. The second-order valence-corrected chi connectivity index (χ2v) is 5.72. The highest BCUT2D eigenvalue weighted by Crippen LogP contribution is 2.19. The van der Waals surface area contributed by atoms with Crippen LogP contribution in [0.3, 0.4) is 0 Å². The Kier molecular flexibility index (Phi) is 3.79. The Morgan fingerprint density at radius 2 is 2.17 bits per heavy atom. The highest BCUT2D eigenvalue weighted by Gasteiger charge is 2.22. The lowest BCUT2D eigenvalue weighted by Crippen LogP contribution is -2.39. The first-order valence-corrected chi connectivity index (χ1v) is 6.88. The van der Waals surface area contributed by atoms with Crippen molar-refractivity contribution in [2.24, 2.45) is 13.0 Å². The molecule has 1 atom stereocenters. The number of piperidine rings is 1. The smallest absolute Gasteiger partial charge is 0.227 e. The number of nitrogens with zero attached hydrogens (tertiary/aromatic N) is 2. The number of carbonyl (C=O) groups is 1. The molecule has 1 aliphatic rings. The largest absolute Gasteiger partial charge is 0.352 e. The lowest BCUT2D eigenvalue weighted by Gasteiger charge is -2.31. The number of rotatable bonds is 2. The van der Waals surface area contributed by atoms with E-state index in [9.17, 15) is 4.79 Å². The molecule has 0 radical (unpaired) electrons. The van der Waals surface area contributed by atoms with Crippen molar-refractivity contribution in [3.05, 3.63) is 23.0 Å². The maximum absolute atomic E-state index is 12.3. The van der Waals surface area contributed by atoms with Crippen LogP contribution in [0.25, 0.3) is 0 Å². The summed E-state index contributed by atoms with van der Waals surface area (Å²) in [6.07, 6.45) is 2.97. The zero-order valence-electron chi connectivity index (χ0n) is 12.0. The van der Waals surface area contributed by atoms with Gasteiger partial charge in [-0.25, -0.2) is 0 Å². The Labute approximate surface area is 110 Å². The van der Waals surface area contributed by atoms with E-state index < -0.39 is 0 Å². The molecular formula is C15H24N2O. The Morgan fingerprint density at radius 1 is 1.44 bits per heavy atom. The van der Waals surface area contributed by atoms with E-state index in [2.05, 4.69) is 38.5 Å². The number of hydrogen-bond donors (Lipinski definition) is 0. The Morgan fingerprint density at radius 3 is 2.72 bits per heavy atom. The summed E-state index contributed by atoms with van der Waals surface area (Å²) < 4.78 is 2.15. The second kappa shape index (κ2) is 5.17. The minimum Gasteiger partial charge on any atom is -0.352 e. The van der Waals surface area contributed by atoms with E-state index in [0.717, 1.165) is 19.5 Å². The van der Waals surface area contributed by atoms with Crippen LogP contribution in [0.2, 0.25) is 0 Å². The zero-order chi connectivity index (χ0) is 13.3. The minimum atomic E-state index is 0.287. The van der Waals surface area contributed by atoms with E-state index >= 15 is 0 Å². The number of aryl methyl sites for hydroxylation is 1. The van der Waals surface area contributed by atoms with Crippen molar-refractivity contribution in [3.8, 4) is 0 Å². The molecule has 1 aliphatic heterocycles. The van der Waals surface area contributed by atoms with Crippen molar-refractivity contribution in [2.75, 3.05) is 13.1 Å². The third kappa shape index (κ3) is 2.60. The first-order valence-electron chi connectivity index (χ1n) is 6.88. The fourth-order valence-corrected chi connectivity index (χ4v) is 2.80. The summed E-state index contributed by atoms with van der Waals surface area (Å²) in [6.45, 7) is 8.29. The SMILES string of the molecule is Cc1cc(CC(=O)N2CCCC(C)C2)c(C)n1C. The second-order valence-electron chi connectivity index (χ2n) is 5.72. The fraction of sp³-hybridized carbons (Fsp3) is 0.667. The zero-order valence-corrected chi connectivity index (χ0v) is 12.0. The van der Waals surface area contributed by atoms with Crippen molar-refractivity contribution in [1.82, 2.24) is 9.47 Å². The predicted octanol–water partition coefficient (Wildman–Crippen LogP) is 2.44. The first-order chi connectivity index (χ1) is 8.49. The molecule has 100 valence electrons. The van der Waals surface area contributed by atoms with Gasteiger partial charge in [-0.2, -0.15) is 0 Å². The Balaban J connectivity index is 2.04. The van der Waals surface area contributed by atoms with Gasteiger partial charge in [0.05, 0.1) is 6.42 Å². The normalized spacial score (nSPS) is 20.2. The van der Waals surface area contributed by atoms with Crippen LogP contribution < -0.4 is 0 Å². The summed E-state index contributed by atoms with van der Waals surface area (Å²) in [5, 5.41) is 0. The first kappa shape index (κ1) is 13.2. The Bertz CT molecular complexity index is 448. The molecule has 1 unspecified atom stereocenters. The summed E-state index contributed by atoms with van der Waals surface area (Å²) in [5.41, 5.74) is 3.62. The van der Waals surface area contributed by atoms with Gasteiger partial charge in [-0.15, -0.1) is 0 Å². The average Bonchev–Trinajstić information content (AvgIpc) is 2.57. The number of likely N-dealkylation sites (tertiary alicyclic amines) is 1. The number of hydrogen-bond acceptors (Lipinski definition) is 1. The molecule has 3 nitrogen and oxygen atoms in total. The summed E-state index contributed by atoms with van der Waals surface area (Å²) in [7, 11) is 2.06. The van der Waals surface area contributed by atoms with Crippen molar-refractivity contribution >= 4 is 5.91 Å². The molecule has 0 aromatic carbocycles. The summed E-state index contributed by atoms with van der Waals surface area (Å²) in [5.74, 6) is 0.941. The van der Waals surface area contributed by atoms with E-state index in [4.69, 9.17) is 0 Å². The monoisotopic (exact) mass is 248 g/mol. The van der Waals surface area contributed by atoms with E-state index in [0.29, 0.717) is 12.3 Å². The van der Waals surface area contributed by atoms with Gasteiger partial charge in [0.25, 0.3) is 0 Å². The van der Waals surface area contributed by atoms with Gasteiger partial charge in [0, 0.05) is 31.5 Å². The summed E-state index contributed by atoms with van der Waals surface area (Å²) in [6, 6.07) is 2.14. The van der Waals surface area contributed by atoms with Crippen LogP contribution in [-0.2, 0) is 18.3 Å². The van der Waals surface area contributed by atoms with Gasteiger partial charge >= 0.3 is 0 Å². The molecule has 1 aromatic rings. The van der Waals surface area contributed by atoms with Gasteiger partial charge in [0.2, 0.25) is 5.91 Å². The van der Waals surface area contributed by atoms with Gasteiger partial charge < -0.3 is 9.47 Å². The van der Waals surface area contributed by atoms with Crippen LogP contribution in [-0.4, -0.2) is 28.5 Å². The van der Waals surface area contributed by atoms with Crippen molar-refractivity contribution in [3.63, 3.8) is 0 Å². The average molecular weight is 248 g/mol. The van der Waals surface area contributed by atoms with Gasteiger partial charge in [0.1, 0.15) is 0 Å². The van der Waals surface area contributed by atoms with Gasteiger partial charge in [-0.1, -0.05) is 6.92 Å². The third-order valence-electron chi connectivity index (χ3n) is 4.23. The fourth-order valence-electron chi connectivity index (χ4n) is 2.80. The predicted molar refractivity (Wildman–Crippen MR) is 73.6 cm³/mol. The van der Waals surface area contributed by atoms with Crippen molar-refractivity contribution in [1.29, 1.82) is 0 Å². The third-order valence-corrected chi connectivity index (χ3v) is 4.23. The molecule has 0 aliphatic carbocycles. The van der Waals surface area contributed by atoms with Crippen LogP contribution in [0.15, 0.2) is 6.07 Å². The lowest BCUT2D eigenvalue weighted by atomic mass is 9.99. The van der Waals surface area contributed by atoms with Gasteiger partial charge in [0.15, 0.2) is 0 Å². The van der Waals surface area contributed by atoms with E-state index in [1.807, 2.05) is 4.90 Å². The Hall–Kier alpha value is -1.25. The standard InChI is InChI=1S/C15H24N2O/c1-11-6-5-7-17(10-11)15(18)9-14-8-12(2)16(4)13(14)3/h8,11H,5-7,9-10H2,1-4H3. The van der Waals surface area contributed by atoms with Crippen molar-refractivity contribution in [2.45, 2.75) is 40.0 Å². The maximum atomic E-state index is 12.3.